The van der Waals surface area contributed by atoms with Crippen LogP contribution in [0.1, 0.15) is 32.1 Å². The number of nitrogens with two attached hydrogens (primary N) is 1. The standard InChI is InChI=1S/C12H22N2O3S/c13-8-11-3-1-2-5-14(11)12(15)7-10-4-6-18(16,17)9-10/h10-11H,1-9,13H2. The van der Waals surface area contributed by atoms with Crippen LogP contribution in [0.15, 0.2) is 0 Å². The molecule has 104 valence electrons. The Kier molecular flexibility index (Phi) is 4.27. The zero-order chi connectivity index (χ0) is 13.2. The van der Waals surface area contributed by atoms with Crippen molar-refractivity contribution in [3.63, 3.8) is 0 Å². The number of carbonyl (C=O) groups is 1. The summed E-state index contributed by atoms with van der Waals surface area (Å²) in [5.74, 6) is 0.528. The minimum atomic E-state index is -2.89. The molecule has 2 unspecified atom stereocenters. The molecule has 2 rings (SSSR count). The number of sulfone groups is 1. The predicted molar refractivity (Wildman–Crippen MR) is 69.8 cm³/mol. The van der Waals surface area contributed by atoms with Gasteiger partial charge >= 0.3 is 0 Å². The van der Waals surface area contributed by atoms with E-state index in [2.05, 4.69) is 0 Å². The molecule has 1 amide bonds. The van der Waals surface area contributed by atoms with Gasteiger partial charge in [0.2, 0.25) is 5.91 Å². The van der Waals surface area contributed by atoms with Crippen molar-refractivity contribution in [2.24, 2.45) is 11.7 Å². The quantitative estimate of drug-likeness (QED) is 0.794. The van der Waals surface area contributed by atoms with Gasteiger partial charge in [-0.25, -0.2) is 8.42 Å². The summed E-state index contributed by atoms with van der Waals surface area (Å²) in [4.78, 5) is 14.1. The lowest BCUT2D eigenvalue weighted by atomic mass is 9.99. The first-order valence-electron chi connectivity index (χ1n) is 6.72. The van der Waals surface area contributed by atoms with E-state index < -0.39 is 9.84 Å². The zero-order valence-electron chi connectivity index (χ0n) is 10.7. The molecule has 0 bridgehead atoms. The zero-order valence-corrected chi connectivity index (χ0v) is 11.5. The highest BCUT2D eigenvalue weighted by Crippen LogP contribution is 2.24. The van der Waals surface area contributed by atoms with Gasteiger partial charge in [-0.3, -0.25) is 4.79 Å². The summed E-state index contributed by atoms with van der Waals surface area (Å²) in [6, 6.07) is 0.157. The van der Waals surface area contributed by atoms with Crippen LogP contribution in [0.4, 0.5) is 0 Å². The van der Waals surface area contributed by atoms with Gasteiger partial charge in [-0.2, -0.15) is 0 Å². The molecule has 2 N–H and O–H groups in total. The first-order chi connectivity index (χ1) is 8.52. The van der Waals surface area contributed by atoms with Crippen LogP contribution >= 0.6 is 0 Å². The second kappa shape index (κ2) is 5.57. The summed E-state index contributed by atoms with van der Waals surface area (Å²) in [7, 11) is -2.89. The number of likely N-dealkylation sites (tertiary alicyclic amines) is 1. The van der Waals surface area contributed by atoms with Gasteiger partial charge < -0.3 is 10.6 Å². The predicted octanol–water partition coefficient (Wildman–Crippen LogP) is 0.151. The SMILES string of the molecule is NCC1CCCCN1C(=O)CC1CCS(=O)(=O)C1. The highest BCUT2D eigenvalue weighted by atomic mass is 32.2. The fraction of sp³-hybridized carbons (Fsp3) is 0.917. The number of rotatable bonds is 3. The van der Waals surface area contributed by atoms with Crippen LogP contribution in [0, 0.1) is 5.92 Å². The largest absolute Gasteiger partial charge is 0.338 e. The van der Waals surface area contributed by atoms with Crippen molar-refractivity contribution in [2.45, 2.75) is 38.1 Å². The van der Waals surface area contributed by atoms with E-state index in [0.717, 1.165) is 25.8 Å². The lowest BCUT2D eigenvalue weighted by Crippen LogP contribution is -2.47. The molecule has 0 radical (unpaired) electrons. The Hall–Kier alpha value is -0.620. The van der Waals surface area contributed by atoms with Crippen LogP contribution in [0.3, 0.4) is 0 Å². The fourth-order valence-electron chi connectivity index (χ4n) is 2.97. The Labute approximate surface area is 109 Å². The molecule has 0 aromatic rings. The summed E-state index contributed by atoms with van der Waals surface area (Å²) in [5.41, 5.74) is 5.69. The first kappa shape index (κ1) is 13.8. The number of piperidine rings is 1. The average Bonchev–Trinajstić information content (AvgIpc) is 2.68. The highest BCUT2D eigenvalue weighted by Gasteiger charge is 2.32. The lowest BCUT2D eigenvalue weighted by molar-refractivity contribution is -0.135. The number of carbonyl (C=O) groups excluding carboxylic acids is 1. The van der Waals surface area contributed by atoms with Crippen LogP contribution in [-0.4, -0.2) is 49.9 Å². The van der Waals surface area contributed by atoms with Crippen molar-refractivity contribution < 1.29 is 13.2 Å². The van der Waals surface area contributed by atoms with Gasteiger partial charge in [0.05, 0.1) is 11.5 Å². The van der Waals surface area contributed by atoms with E-state index >= 15 is 0 Å². The summed E-state index contributed by atoms with van der Waals surface area (Å²) in [5, 5.41) is 0. The van der Waals surface area contributed by atoms with E-state index in [9.17, 15) is 13.2 Å². The molecule has 5 nitrogen and oxygen atoms in total. The molecule has 0 aromatic heterocycles. The van der Waals surface area contributed by atoms with Crippen molar-refractivity contribution in [1.82, 2.24) is 4.90 Å². The van der Waals surface area contributed by atoms with Gasteiger partial charge in [0.15, 0.2) is 9.84 Å². The van der Waals surface area contributed by atoms with Crippen LogP contribution in [-0.2, 0) is 14.6 Å². The van der Waals surface area contributed by atoms with Gasteiger partial charge in [0, 0.05) is 25.6 Å². The number of hydrogen-bond acceptors (Lipinski definition) is 4. The van der Waals surface area contributed by atoms with Gasteiger partial charge in [0.1, 0.15) is 0 Å². The normalized spacial score (nSPS) is 31.5. The Morgan fingerprint density at radius 2 is 2.06 bits per heavy atom. The van der Waals surface area contributed by atoms with Crippen molar-refractivity contribution in [1.29, 1.82) is 0 Å². The van der Waals surface area contributed by atoms with Gasteiger partial charge in [0.25, 0.3) is 0 Å². The smallest absolute Gasteiger partial charge is 0.223 e. The van der Waals surface area contributed by atoms with Crippen molar-refractivity contribution >= 4 is 15.7 Å². The Morgan fingerprint density at radius 3 is 2.67 bits per heavy atom. The van der Waals surface area contributed by atoms with Crippen LogP contribution in [0.2, 0.25) is 0 Å². The molecule has 6 heteroatoms. The first-order valence-corrected chi connectivity index (χ1v) is 8.54. The maximum Gasteiger partial charge on any atom is 0.223 e. The Bertz CT molecular complexity index is 408. The van der Waals surface area contributed by atoms with Gasteiger partial charge in [-0.15, -0.1) is 0 Å². The van der Waals surface area contributed by atoms with Gasteiger partial charge in [-0.1, -0.05) is 0 Å². The average molecular weight is 274 g/mol. The molecular formula is C12H22N2O3S. The lowest BCUT2D eigenvalue weighted by Gasteiger charge is -2.35. The van der Waals surface area contributed by atoms with Crippen LogP contribution in [0.5, 0.6) is 0 Å². The number of hydrogen-bond donors (Lipinski definition) is 1. The van der Waals surface area contributed by atoms with E-state index in [0.29, 0.717) is 19.4 Å². The molecule has 0 aliphatic carbocycles. The minimum Gasteiger partial charge on any atom is -0.338 e. The third-order valence-corrected chi connectivity index (χ3v) is 5.85. The van der Waals surface area contributed by atoms with E-state index in [1.807, 2.05) is 4.90 Å². The van der Waals surface area contributed by atoms with E-state index in [4.69, 9.17) is 5.73 Å². The molecule has 2 fully saturated rings. The number of nitrogens with zero attached hydrogens (tertiary/aromatic N) is 1. The molecular weight excluding hydrogens is 252 g/mol. The molecule has 0 saturated carbocycles. The highest BCUT2D eigenvalue weighted by molar-refractivity contribution is 7.91. The van der Waals surface area contributed by atoms with E-state index in [1.165, 1.54) is 0 Å². The molecule has 2 aliphatic heterocycles. The Morgan fingerprint density at radius 1 is 1.28 bits per heavy atom. The van der Waals surface area contributed by atoms with Crippen molar-refractivity contribution in [3.05, 3.63) is 0 Å². The third kappa shape index (κ3) is 3.23. The maximum absolute atomic E-state index is 12.2. The minimum absolute atomic E-state index is 0.0165. The molecule has 2 atom stereocenters. The van der Waals surface area contributed by atoms with Crippen molar-refractivity contribution in [2.75, 3.05) is 24.6 Å². The summed E-state index contributed by atoms with van der Waals surface area (Å²) >= 11 is 0. The molecule has 0 spiro atoms. The fourth-order valence-corrected chi connectivity index (χ4v) is 4.83. The summed E-state index contributed by atoms with van der Waals surface area (Å²) in [6.07, 6.45) is 4.14. The summed E-state index contributed by atoms with van der Waals surface area (Å²) < 4.78 is 22.7. The van der Waals surface area contributed by atoms with Crippen molar-refractivity contribution in [3.8, 4) is 0 Å². The van der Waals surface area contributed by atoms with E-state index in [-0.39, 0.29) is 29.4 Å². The molecule has 2 saturated heterocycles. The molecule has 2 aliphatic rings. The monoisotopic (exact) mass is 274 g/mol. The summed E-state index contributed by atoms with van der Waals surface area (Å²) in [6.45, 7) is 1.29. The van der Waals surface area contributed by atoms with E-state index in [1.54, 1.807) is 0 Å². The second-order valence-corrected chi connectivity index (χ2v) is 7.67. The third-order valence-electron chi connectivity index (χ3n) is 4.01. The number of amides is 1. The molecule has 2 heterocycles. The van der Waals surface area contributed by atoms with Crippen LogP contribution in [0.25, 0.3) is 0 Å². The topological polar surface area (TPSA) is 80.5 Å². The van der Waals surface area contributed by atoms with Crippen LogP contribution < -0.4 is 5.73 Å². The Balaban J connectivity index is 1.91. The maximum atomic E-state index is 12.2. The van der Waals surface area contributed by atoms with Gasteiger partial charge in [-0.05, 0) is 31.6 Å². The molecule has 18 heavy (non-hydrogen) atoms. The second-order valence-electron chi connectivity index (χ2n) is 5.45. The molecule has 0 aromatic carbocycles.